The van der Waals surface area contributed by atoms with Crippen LogP contribution in [0, 0.1) is 0 Å². The molecule has 0 spiro atoms. The van der Waals surface area contributed by atoms with E-state index in [1.54, 1.807) is 49.6 Å². The van der Waals surface area contributed by atoms with E-state index in [-0.39, 0.29) is 11.2 Å². The van der Waals surface area contributed by atoms with Crippen LogP contribution in [0.4, 0.5) is 8.63 Å². The van der Waals surface area contributed by atoms with Crippen LogP contribution in [0.2, 0.25) is 0 Å². The lowest BCUT2D eigenvalue weighted by Gasteiger charge is -2.19. The first-order valence-electron chi connectivity index (χ1n) is 8.82. The summed E-state index contributed by atoms with van der Waals surface area (Å²) < 4.78 is 35.3. The maximum Gasteiger partial charge on any atom is 0.796 e. The van der Waals surface area contributed by atoms with Crippen LogP contribution >= 0.6 is 0 Å². The van der Waals surface area contributed by atoms with Gasteiger partial charge in [-0.25, -0.2) is 8.63 Å². The average Bonchev–Trinajstić information content (AvgIpc) is 2.65. The molecule has 0 aliphatic carbocycles. The summed E-state index contributed by atoms with van der Waals surface area (Å²) in [7, 11) is -1.45. The number of ketones is 1. The lowest BCUT2D eigenvalue weighted by molar-refractivity contribution is -0.110. The minimum atomic E-state index is -3.02. The van der Waals surface area contributed by atoms with Gasteiger partial charge in [0.2, 0.25) is 0 Å². The zero-order valence-corrected chi connectivity index (χ0v) is 16.4. The monoisotopic (exact) mass is 384 g/mol. The number of benzene rings is 2. The third-order valence-corrected chi connectivity index (χ3v) is 4.08. The Morgan fingerprint density at radius 1 is 1.00 bits per heavy atom. The van der Waals surface area contributed by atoms with Crippen molar-refractivity contribution in [3.05, 3.63) is 77.4 Å². The van der Waals surface area contributed by atoms with Crippen LogP contribution in [0.1, 0.15) is 37.5 Å². The molecule has 0 aliphatic heterocycles. The summed E-state index contributed by atoms with van der Waals surface area (Å²) in [4.78, 5) is 12.2. The Bertz CT molecular complexity index is 849. The summed E-state index contributed by atoms with van der Waals surface area (Å²) in [6, 6.07) is 14.1. The van der Waals surface area contributed by atoms with E-state index in [1.165, 1.54) is 6.08 Å². The first kappa shape index (κ1) is 21.4. The Labute approximate surface area is 164 Å². The zero-order chi connectivity index (χ0) is 20.7. The third-order valence-electron chi connectivity index (χ3n) is 4.08. The Morgan fingerprint density at radius 3 is 2.11 bits per heavy atom. The lowest BCUT2D eigenvalue weighted by Crippen LogP contribution is -2.11. The van der Waals surface area contributed by atoms with Gasteiger partial charge in [0, 0.05) is 11.6 Å². The van der Waals surface area contributed by atoms with E-state index >= 15 is 0 Å². The second-order valence-electron chi connectivity index (χ2n) is 7.22. The lowest BCUT2D eigenvalue weighted by atomic mass is 9.86. The Balaban J connectivity index is 2.22. The molecule has 0 bridgehead atoms. The average molecular weight is 384 g/mol. The number of ether oxygens (including phenoxy) is 1. The second kappa shape index (κ2) is 9.35. The fraction of sp³-hybridized carbons (Fsp3) is 0.227. The standard InChI is InChI=1S/C22H23BF2O3/c1-22(2,3)18-10-8-17(9-11-18)21(28-23(24)25)15-19(26)12-5-16-6-13-20(27-4)14-7-16/h5-15H,1-4H3/b12-5+,21-15-. The fourth-order valence-electron chi connectivity index (χ4n) is 2.49. The number of carbonyl (C=O) groups excluding carboxylic acids is 1. The van der Waals surface area contributed by atoms with Gasteiger partial charge in [-0.05, 0) is 34.8 Å². The summed E-state index contributed by atoms with van der Waals surface area (Å²) in [5.74, 6) is 0.0842. The van der Waals surface area contributed by atoms with Crippen LogP contribution < -0.4 is 4.74 Å². The molecule has 2 rings (SSSR count). The van der Waals surface area contributed by atoms with Crippen LogP contribution in [0.3, 0.4) is 0 Å². The van der Waals surface area contributed by atoms with E-state index in [1.807, 2.05) is 12.1 Å². The molecule has 2 aromatic carbocycles. The zero-order valence-electron chi connectivity index (χ0n) is 16.4. The molecule has 0 atom stereocenters. The van der Waals surface area contributed by atoms with Crippen molar-refractivity contribution in [1.82, 2.24) is 0 Å². The second-order valence-corrected chi connectivity index (χ2v) is 7.22. The summed E-state index contributed by atoms with van der Waals surface area (Å²) in [5, 5.41) is 0. The van der Waals surface area contributed by atoms with Crippen molar-refractivity contribution < 1.29 is 22.8 Å². The molecule has 6 heteroatoms. The van der Waals surface area contributed by atoms with Gasteiger partial charge in [0.25, 0.3) is 0 Å². The summed E-state index contributed by atoms with van der Waals surface area (Å²) in [6.07, 6.45) is 3.97. The minimum Gasteiger partial charge on any atom is -0.505 e. The molecule has 0 N–H and O–H groups in total. The molecule has 0 fully saturated rings. The number of halogens is 2. The minimum absolute atomic E-state index is 0.0666. The molecule has 0 heterocycles. The smallest absolute Gasteiger partial charge is 0.505 e. The van der Waals surface area contributed by atoms with Gasteiger partial charge in [0.1, 0.15) is 11.5 Å². The number of carbonyl (C=O) groups is 1. The molecular weight excluding hydrogens is 361 g/mol. The van der Waals surface area contributed by atoms with Crippen molar-refractivity contribution in [2.75, 3.05) is 7.11 Å². The quantitative estimate of drug-likeness (QED) is 0.356. The first-order chi connectivity index (χ1) is 13.2. The molecule has 28 heavy (non-hydrogen) atoms. The van der Waals surface area contributed by atoms with E-state index in [2.05, 4.69) is 25.4 Å². The van der Waals surface area contributed by atoms with Crippen LogP contribution in [0.25, 0.3) is 11.8 Å². The number of allylic oxidation sites excluding steroid dienone is 2. The Morgan fingerprint density at radius 2 is 1.61 bits per heavy atom. The molecule has 0 saturated carbocycles. The van der Waals surface area contributed by atoms with Crippen molar-refractivity contribution in [3.63, 3.8) is 0 Å². The van der Waals surface area contributed by atoms with Gasteiger partial charge in [-0.15, -0.1) is 0 Å². The molecule has 0 aliphatic rings. The topological polar surface area (TPSA) is 35.5 Å². The summed E-state index contributed by atoms with van der Waals surface area (Å²) in [6.45, 7) is 6.17. The maximum atomic E-state index is 12.8. The van der Waals surface area contributed by atoms with Gasteiger partial charge in [0.15, 0.2) is 5.78 Å². The summed E-state index contributed by atoms with van der Waals surface area (Å²) >= 11 is 0. The van der Waals surface area contributed by atoms with Gasteiger partial charge in [0.05, 0.1) is 7.11 Å². The van der Waals surface area contributed by atoms with Gasteiger partial charge in [-0.2, -0.15) is 0 Å². The highest BCUT2D eigenvalue weighted by atomic mass is 19.2. The van der Waals surface area contributed by atoms with Crippen molar-refractivity contribution in [1.29, 1.82) is 0 Å². The van der Waals surface area contributed by atoms with E-state index in [0.29, 0.717) is 11.3 Å². The normalized spacial score (nSPS) is 12.1. The predicted octanol–water partition coefficient (Wildman–Crippen LogP) is 5.56. The van der Waals surface area contributed by atoms with E-state index in [0.717, 1.165) is 17.2 Å². The first-order valence-corrected chi connectivity index (χ1v) is 8.82. The Kier molecular flexibility index (Phi) is 7.15. The summed E-state index contributed by atoms with van der Waals surface area (Å²) in [5.41, 5.74) is 2.19. The predicted molar refractivity (Wildman–Crippen MR) is 109 cm³/mol. The van der Waals surface area contributed by atoms with Crippen molar-refractivity contribution >= 4 is 25.1 Å². The van der Waals surface area contributed by atoms with Crippen LogP contribution in [-0.2, 0) is 14.9 Å². The van der Waals surface area contributed by atoms with Crippen molar-refractivity contribution in [2.45, 2.75) is 26.2 Å². The van der Waals surface area contributed by atoms with Crippen LogP contribution in [0.5, 0.6) is 5.75 Å². The molecule has 0 saturated heterocycles. The number of methoxy groups -OCH3 is 1. The SMILES string of the molecule is COc1ccc(/C=C/C(=O)/C=C(\OB(F)F)c2ccc(C(C)(C)C)cc2)cc1. The van der Waals surface area contributed by atoms with Gasteiger partial charge in [-0.3, -0.25) is 4.79 Å². The highest BCUT2D eigenvalue weighted by Crippen LogP contribution is 2.25. The van der Waals surface area contributed by atoms with E-state index in [9.17, 15) is 13.4 Å². The van der Waals surface area contributed by atoms with E-state index in [4.69, 9.17) is 4.74 Å². The molecule has 0 unspecified atom stereocenters. The molecule has 0 radical (unpaired) electrons. The molecule has 0 amide bonds. The van der Waals surface area contributed by atoms with E-state index < -0.39 is 13.3 Å². The molecule has 146 valence electrons. The third kappa shape index (κ3) is 6.37. The van der Waals surface area contributed by atoms with Gasteiger partial charge >= 0.3 is 7.47 Å². The molecule has 2 aromatic rings. The molecule has 3 nitrogen and oxygen atoms in total. The van der Waals surface area contributed by atoms with Crippen molar-refractivity contribution in [3.8, 4) is 5.75 Å². The molecule has 0 aromatic heterocycles. The van der Waals surface area contributed by atoms with Crippen LogP contribution in [-0.4, -0.2) is 20.4 Å². The van der Waals surface area contributed by atoms with Crippen LogP contribution in [0.15, 0.2) is 60.7 Å². The van der Waals surface area contributed by atoms with Crippen molar-refractivity contribution in [2.24, 2.45) is 0 Å². The van der Waals surface area contributed by atoms with Gasteiger partial charge < -0.3 is 9.39 Å². The maximum absolute atomic E-state index is 12.8. The molecular formula is C22H23BF2O3. The Hall–Kier alpha value is -2.89. The number of rotatable bonds is 7. The fourth-order valence-corrected chi connectivity index (χ4v) is 2.49. The van der Waals surface area contributed by atoms with Gasteiger partial charge in [-0.1, -0.05) is 63.2 Å². The highest BCUT2D eigenvalue weighted by molar-refractivity contribution is 6.36. The highest BCUT2D eigenvalue weighted by Gasteiger charge is 2.21. The largest absolute Gasteiger partial charge is 0.796 e. The number of hydrogen-bond acceptors (Lipinski definition) is 3. The number of hydrogen-bond donors (Lipinski definition) is 0.